The smallest absolute Gasteiger partial charge is 0.251 e. The fourth-order valence-corrected chi connectivity index (χ4v) is 3.72. The van der Waals surface area contributed by atoms with Crippen LogP contribution in [0, 0.1) is 0 Å². The zero-order chi connectivity index (χ0) is 18.8. The Morgan fingerprint density at radius 2 is 2.04 bits per heavy atom. The number of nitrogens with one attached hydrogen (secondary N) is 2. The molecule has 2 saturated carbocycles. The summed E-state index contributed by atoms with van der Waals surface area (Å²) in [5, 5.41) is 15.1. The summed E-state index contributed by atoms with van der Waals surface area (Å²) in [4.78, 5) is 24.4. The van der Waals surface area contributed by atoms with E-state index in [0.717, 1.165) is 30.4 Å². The average molecular weight is 385 g/mol. The van der Waals surface area contributed by atoms with Gasteiger partial charge in [0.05, 0.1) is 5.75 Å². The predicted molar refractivity (Wildman–Crippen MR) is 104 cm³/mol. The number of nitrogens with zero attached hydrogens (tertiary/aromatic N) is 3. The van der Waals surface area contributed by atoms with E-state index in [0.29, 0.717) is 23.2 Å². The molecule has 0 atom stereocenters. The Morgan fingerprint density at radius 3 is 2.74 bits per heavy atom. The monoisotopic (exact) mass is 385 g/mol. The Labute approximate surface area is 162 Å². The highest BCUT2D eigenvalue weighted by Gasteiger charge is 2.30. The maximum Gasteiger partial charge on any atom is 0.251 e. The third-order valence-corrected chi connectivity index (χ3v) is 5.62. The fraction of sp³-hybridized carbons (Fsp3) is 0.474. The van der Waals surface area contributed by atoms with E-state index in [1.165, 1.54) is 24.6 Å². The highest BCUT2D eigenvalue weighted by molar-refractivity contribution is 7.99. The normalized spacial score (nSPS) is 16.2. The van der Waals surface area contributed by atoms with Crippen molar-refractivity contribution in [1.82, 2.24) is 20.1 Å². The first-order chi connectivity index (χ1) is 13.1. The zero-order valence-corrected chi connectivity index (χ0v) is 16.1. The lowest BCUT2D eigenvalue weighted by atomic mass is 10.2. The third-order valence-electron chi connectivity index (χ3n) is 4.66. The van der Waals surface area contributed by atoms with E-state index in [4.69, 9.17) is 0 Å². The first-order valence-electron chi connectivity index (χ1n) is 9.40. The molecule has 2 aromatic rings. The maximum atomic E-state index is 12.3. The molecule has 0 saturated heterocycles. The molecule has 1 heterocycles. The summed E-state index contributed by atoms with van der Waals surface area (Å²) in [5.74, 6) is 1.60. The van der Waals surface area contributed by atoms with Crippen molar-refractivity contribution in [3.8, 4) is 0 Å². The summed E-state index contributed by atoms with van der Waals surface area (Å²) < 4.78 is 2.10. The second-order valence-electron chi connectivity index (χ2n) is 7.02. The fourth-order valence-electron chi connectivity index (χ4n) is 2.91. The molecule has 1 aromatic carbocycles. The summed E-state index contributed by atoms with van der Waals surface area (Å²) in [6.07, 6.45) is 4.44. The third kappa shape index (κ3) is 4.50. The van der Waals surface area contributed by atoms with Crippen LogP contribution < -0.4 is 10.6 Å². The molecule has 27 heavy (non-hydrogen) atoms. The molecule has 2 amide bonds. The maximum absolute atomic E-state index is 12.3. The standard InChI is InChI=1S/C19H23N5O2S/c1-2-24-17(12-6-7-12)22-23-19(24)27-11-16(25)20-15-5-3-4-13(10-15)18(26)21-14-8-9-14/h3-5,10,12,14H,2,6-9,11H2,1H3,(H,20,25)(H,21,26). The summed E-state index contributed by atoms with van der Waals surface area (Å²) in [6.45, 7) is 2.87. The number of benzene rings is 1. The van der Waals surface area contributed by atoms with Crippen LogP contribution in [0.3, 0.4) is 0 Å². The molecule has 2 fully saturated rings. The molecular weight excluding hydrogens is 362 g/mol. The quantitative estimate of drug-likeness (QED) is 0.682. The summed E-state index contributed by atoms with van der Waals surface area (Å²) in [5.41, 5.74) is 1.19. The Kier molecular flexibility index (Phi) is 5.15. The molecule has 0 unspecified atom stereocenters. The molecule has 8 heteroatoms. The number of hydrogen-bond donors (Lipinski definition) is 2. The van der Waals surface area contributed by atoms with Gasteiger partial charge in [0.1, 0.15) is 5.82 Å². The van der Waals surface area contributed by atoms with Crippen molar-refractivity contribution in [1.29, 1.82) is 0 Å². The molecule has 1 aromatic heterocycles. The van der Waals surface area contributed by atoms with Gasteiger partial charge in [0.15, 0.2) is 5.16 Å². The minimum atomic E-state index is -0.127. The highest BCUT2D eigenvalue weighted by Crippen LogP contribution is 2.39. The number of rotatable bonds is 8. The van der Waals surface area contributed by atoms with E-state index in [-0.39, 0.29) is 17.6 Å². The topological polar surface area (TPSA) is 88.9 Å². The number of carbonyl (C=O) groups is 2. The van der Waals surface area contributed by atoms with Crippen molar-refractivity contribution >= 4 is 29.3 Å². The van der Waals surface area contributed by atoms with Crippen LogP contribution in [0.1, 0.15) is 54.7 Å². The Balaban J connectivity index is 1.33. The van der Waals surface area contributed by atoms with Crippen LogP contribution in [0.5, 0.6) is 0 Å². The molecule has 2 aliphatic rings. The van der Waals surface area contributed by atoms with Crippen LogP contribution in [0.15, 0.2) is 29.4 Å². The van der Waals surface area contributed by atoms with Crippen LogP contribution in [0.25, 0.3) is 0 Å². The Hall–Kier alpha value is -2.35. The summed E-state index contributed by atoms with van der Waals surface area (Å²) >= 11 is 1.39. The van der Waals surface area contributed by atoms with Gasteiger partial charge in [-0.15, -0.1) is 10.2 Å². The van der Waals surface area contributed by atoms with Gasteiger partial charge >= 0.3 is 0 Å². The molecule has 142 valence electrons. The van der Waals surface area contributed by atoms with E-state index < -0.39 is 0 Å². The number of hydrogen-bond acceptors (Lipinski definition) is 5. The molecule has 0 spiro atoms. The van der Waals surface area contributed by atoms with Crippen molar-refractivity contribution in [2.45, 2.75) is 56.3 Å². The molecule has 0 bridgehead atoms. The average Bonchev–Trinajstić information content (AvgIpc) is 3.60. The zero-order valence-electron chi connectivity index (χ0n) is 15.3. The number of aromatic nitrogens is 3. The minimum Gasteiger partial charge on any atom is -0.349 e. The highest BCUT2D eigenvalue weighted by atomic mass is 32.2. The van der Waals surface area contributed by atoms with Crippen LogP contribution >= 0.6 is 11.8 Å². The molecular formula is C19H23N5O2S. The van der Waals surface area contributed by atoms with Crippen molar-refractivity contribution in [3.05, 3.63) is 35.7 Å². The van der Waals surface area contributed by atoms with E-state index >= 15 is 0 Å². The first kappa shape index (κ1) is 18.0. The lowest BCUT2D eigenvalue weighted by molar-refractivity contribution is -0.113. The van der Waals surface area contributed by atoms with Crippen LogP contribution in [-0.2, 0) is 11.3 Å². The lowest BCUT2D eigenvalue weighted by Gasteiger charge is -2.09. The number of anilines is 1. The van der Waals surface area contributed by atoms with Crippen molar-refractivity contribution in [2.24, 2.45) is 0 Å². The molecule has 4 rings (SSSR count). The second-order valence-corrected chi connectivity index (χ2v) is 7.97. The van der Waals surface area contributed by atoms with Gasteiger partial charge in [-0.2, -0.15) is 0 Å². The summed E-state index contributed by atoms with van der Waals surface area (Å²) in [6, 6.07) is 7.34. The largest absolute Gasteiger partial charge is 0.349 e. The molecule has 0 radical (unpaired) electrons. The van der Waals surface area contributed by atoms with Gasteiger partial charge in [0.25, 0.3) is 5.91 Å². The number of carbonyl (C=O) groups excluding carboxylic acids is 2. The van der Waals surface area contributed by atoms with Crippen molar-refractivity contribution in [3.63, 3.8) is 0 Å². The van der Waals surface area contributed by atoms with Crippen molar-refractivity contribution < 1.29 is 9.59 Å². The number of amides is 2. The number of thioether (sulfide) groups is 1. The molecule has 2 aliphatic carbocycles. The van der Waals surface area contributed by atoms with E-state index in [2.05, 4.69) is 32.3 Å². The summed E-state index contributed by atoms with van der Waals surface area (Å²) in [7, 11) is 0. The van der Waals surface area contributed by atoms with E-state index in [1.807, 2.05) is 0 Å². The Morgan fingerprint density at radius 1 is 1.22 bits per heavy atom. The predicted octanol–water partition coefficient (Wildman–Crippen LogP) is 2.80. The van der Waals surface area contributed by atoms with Gasteiger partial charge < -0.3 is 15.2 Å². The van der Waals surface area contributed by atoms with Crippen LogP contribution in [0.2, 0.25) is 0 Å². The van der Waals surface area contributed by atoms with E-state index in [9.17, 15) is 9.59 Å². The molecule has 2 N–H and O–H groups in total. The Bertz CT molecular complexity index is 858. The molecule has 0 aliphatic heterocycles. The van der Waals surface area contributed by atoms with Gasteiger partial charge in [0, 0.05) is 29.8 Å². The van der Waals surface area contributed by atoms with Gasteiger partial charge in [-0.25, -0.2) is 0 Å². The van der Waals surface area contributed by atoms with Crippen LogP contribution in [0.4, 0.5) is 5.69 Å². The van der Waals surface area contributed by atoms with Crippen molar-refractivity contribution in [2.75, 3.05) is 11.1 Å². The van der Waals surface area contributed by atoms with Gasteiger partial charge in [-0.1, -0.05) is 17.8 Å². The van der Waals surface area contributed by atoms with Gasteiger partial charge in [-0.3, -0.25) is 9.59 Å². The lowest BCUT2D eigenvalue weighted by Crippen LogP contribution is -2.25. The van der Waals surface area contributed by atoms with Gasteiger partial charge in [-0.05, 0) is 50.8 Å². The SMILES string of the molecule is CCn1c(SCC(=O)Nc2cccc(C(=O)NC3CC3)c2)nnc1C1CC1. The minimum absolute atomic E-state index is 0.0911. The van der Waals surface area contributed by atoms with E-state index in [1.54, 1.807) is 24.3 Å². The first-order valence-corrected chi connectivity index (χ1v) is 10.4. The molecule has 7 nitrogen and oxygen atoms in total. The van der Waals surface area contributed by atoms with Gasteiger partial charge in [0.2, 0.25) is 5.91 Å². The van der Waals surface area contributed by atoms with Crippen LogP contribution in [-0.4, -0.2) is 38.4 Å². The second kappa shape index (κ2) is 7.72.